The average molecular weight is 299 g/mol. The molecule has 21 heavy (non-hydrogen) atoms. The summed E-state index contributed by atoms with van der Waals surface area (Å²) in [6, 6.07) is 16.6. The molecule has 0 unspecified atom stereocenters. The topological polar surface area (TPSA) is 73.8 Å². The molecule has 5 nitrogen and oxygen atoms in total. The Balaban J connectivity index is 2.21. The van der Waals surface area contributed by atoms with Gasteiger partial charge in [-0.15, -0.1) is 5.10 Å². The van der Waals surface area contributed by atoms with E-state index >= 15 is 0 Å². The summed E-state index contributed by atoms with van der Waals surface area (Å²) < 4.78 is 1.58. The van der Waals surface area contributed by atoms with Crippen molar-refractivity contribution in [2.45, 2.75) is 0 Å². The number of aromatic nitrogens is 3. The number of rotatable bonds is 3. The van der Waals surface area contributed by atoms with Crippen LogP contribution in [-0.2, 0) is 0 Å². The highest BCUT2D eigenvalue weighted by atomic mass is 35.5. The van der Waals surface area contributed by atoms with E-state index in [0.717, 1.165) is 11.3 Å². The molecule has 3 aromatic rings. The monoisotopic (exact) mass is 298 g/mol. The molecule has 104 valence electrons. The van der Waals surface area contributed by atoms with E-state index in [1.54, 1.807) is 16.8 Å². The molecule has 0 saturated heterocycles. The molecule has 1 amide bonds. The number of amides is 1. The van der Waals surface area contributed by atoms with Crippen molar-refractivity contribution < 1.29 is 4.79 Å². The van der Waals surface area contributed by atoms with E-state index in [2.05, 4.69) is 10.1 Å². The third-order valence-corrected chi connectivity index (χ3v) is 3.15. The van der Waals surface area contributed by atoms with E-state index in [-0.39, 0.29) is 5.82 Å². The Bertz CT molecular complexity index is 798. The smallest absolute Gasteiger partial charge is 0.288 e. The third-order valence-electron chi connectivity index (χ3n) is 2.91. The molecule has 0 radical (unpaired) electrons. The second kappa shape index (κ2) is 5.38. The number of halogens is 1. The van der Waals surface area contributed by atoms with Crippen molar-refractivity contribution in [3.63, 3.8) is 0 Å². The van der Waals surface area contributed by atoms with Crippen LogP contribution in [0.2, 0.25) is 5.02 Å². The number of benzene rings is 2. The predicted octanol–water partition coefficient (Wildman–Crippen LogP) is 2.69. The number of hydrogen-bond acceptors (Lipinski definition) is 3. The zero-order chi connectivity index (χ0) is 14.8. The van der Waals surface area contributed by atoms with E-state index in [1.807, 2.05) is 42.5 Å². The van der Waals surface area contributed by atoms with Crippen LogP contribution < -0.4 is 5.73 Å². The molecule has 6 heteroatoms. The van der Waals surface area contributed by atoms with Crippen LogP contribution in [0.5, 0.6) is 0 Å². The summed E-state index contributed by atoms with van der Waals surface area (Å²) >= 11 is 6.01. The first-order valence-electron chi connectivity index (χ1n) is 6.23. The molecule has 0 bridgehead atoms. The van der Waals surface area contributed by atoms with Crippen LogP contribution in [0.3, 0.4) is 0 Å². The lowest BCUT2D eigenvalue weighted by atomic mass is 10.2. The molecular weight excluding hydrogens is 288 g/mol. The first-order valence-corrected chi connectivity index (χ1v) is 6.61. The van der Waals surface area contributed by atoms with Crippen molar-refractivity contribution in [2.24, 2.45) is 5.73 Å². The fourth-order valence-corrected chi connectivity index (χ4v) is 2.17. The molecule has 3 rings (SSSR count). The van der Waals surface area contributed by atoms with Crippen LogP contribution in [0.25, 0.3) is 17.1 Å². The molecule has 0 aliphatic carbocycles. The largest absolute Gasteiger partial charge is 0.363 e. The highest BCUT2D eigenvalue weighted by Gasteiger charge is 2.16. The van der Waals surface area contributed by atoms with Crippen molar-refractivity contribution in [1.29, 1.82) is 0 Å². The summed E-state index contributed by atoms with van der Waals surface area (Å²) in [5.74, 6) is -0.195. The van der Waals surface area contributed by atoms with E-state index < -0.39 is 5.91 Å². The van der Waals surface area contributed by atoms with Crippen molar-refractivity contribution in [1.82, 2.24) is 14.8 Å². The van der Waals surface area contributed by atoms with Crippen LogP contribution in [0.1, 0.15) is 10.6 Å². The van der Waals surface area contributed by atoms with Crippen LogP contribution in [0.4, 0.5) is 0 Å². The Labute approximate surface area is 126 Å². The fourth-order valence-electron chi connectivity index (χ4n) is 1.98. The van der Waals surface area contributed by atoms with Gasteiger partial charge in [0.05, 0.1) is 5.69 Å². The van der Waals surface area contributed by atoms with Crippen LogP contribution in [0.15, 0.2) is 54.6 Å². The summed E-state index contributed by atoms with van der Waals surface area (Å²) in [7, 11) is 0. The highest BCUT2D eigenvalue weighted by Crippen LogP contribution is 2.23. The summed E-state index contributed by atoms with van der Waals surface area (Å²) in [6.45, 7) is 0. The van der Waals surface area contributed by atoms with Crippen molar-refractivity contribution >= 4 is 17.5 Å². The SMILES string of the molecule is NC(=O)c1nc(-c2cccc(Cl)c2)n(-c2ccccc2)n1. The van der Waals surface area contributed by atoms with Gasteiger partial charge >= 0.3 is 0 Å². The Hall–Kier alpha value is -2.66. The number of carbonyl (C=O) groups excluding carboxylic acids is 1. The summed E-state index contributed by atoms with van der Waals surface area (Å²) in [4.78, 5) is 15.6. The Kier molecular flexibility index (Phi) is 3.41. The zero-order valence-electron chi connectivity index (χ0n) is 10.9. The van der Waals surface area contributed by atoms with Gasteiger partial charge < -0.3 is 5.73 Å². The predicted molar refractivity (Wildman–Crippen MR) is 80.3 cm³/mol. The summed E-state index contributed by atoms with van der Waals surface area (Å²) in [5, 5.41) is 4.75. The average Bonchev–Trinajstić information content (AvgIpc) is 2.93. The number of hydrogen-bond donors (Lipinski definition) is 1. The first-order chi connectivity index (χ1) is 10.1. The van der Waals surface area contributed by atoms with Crippen molar-refractivity contribution in [3.8, 4) is 17.1 Å². The second-order valence-corrected chi connectivity index (χ2v) is 4.82. The maximum absolute atomic E-state index is 11.4. The van der Waals surface area contributed by atoms with E-state index in [4.69, 9.17) is 17.3 Å². The number of nitrogens with zero attached hydrogens (tertiary/aromatic N) is 3. The Morgan fingerprint density at radius 3 is 2.52 bits per heavy atom. The zero-order valence-corrected chi connectivity index (χ0v) is 11.7. The van der Waals surface area contributed by atoms with E-state index in [9.17, 15) is 4.79 Å². The number of nitrogens with two attached hydrogens (primary N) is 1. The van der Waals surface area contributed by atoms with Gasteiger partial charge in [0.25, 0.3) is 5.91 Å². The number of para-hydroxylation sites is 1. The fraction of sp³-hybridized carbons (Fsp3) is 0. The molecule has 0 spiro atoms. The molecule has 0 saturated carbocycles. The lowest BCUT2D eigenvalue weighted by molar-refractivity contribution is 0.0990. The van der Waals surface area contributed by atoms with Crippen LogP contribution >= 0.6 is 11.6 Å². The normalized spacial score (nSPS) is 10.5. The van der Waals surface area contributed by atoms with Crippen molar-refractivity contribution in [2.75, 3.05) is 0 Å². The molecule has 2 N–H and O–H groups in total. The first kappa shape index (κ1) is 13.3. The molecule has 0 fully saturated rings. The minimum absolute atomic E-state index is 0.0335. The molecule has 1 heterocycles. The standard InChI is InChI=1S/C15H11ClN4O/c16-11-6-4-5-10(9-11)15-18-14(13(17)21)19-20(15)12-7-2-1-3-8-12/h1-9H,(H2,17,21). The van der Waals surface area contributed by atoms with Gasteiger partial charge in [-0.2, -0.15) is 0 Å². The molecule has 2 aromatic carbocycles. The number of carbonyl (C=O) groups is 1. The highest BCUT2D eigenvalue weighted by molar-refractivity contribution is 6.30. The number of primary amides is 1. The van der Waals surface area contributed by atoms with Gasteiger partial charge in [0.15, 0.2) is 5.82 Å². The van der Waals surface area contributed by atoms with Crippen molar-refractivity contribution in [3.05, 3.63) is 65.4 Å². The lowest BCUT2D eigenvalue weighted by Gasteiger charge is -2.05. The minimum atomic E-state index is -0.673. The third kappa shape index (κ3) is 2.64. The summed E-state index contributed by atoms with van der Waals surface area (Å²) in [5.41, 5.74) is 6.82. The molecule has 0 aliphatic heterocycles. The van der Waals surface area contributed by atoms with Gasteiger partial charge in [-0.05, 0) is 24.3 Å². The van der Waals surface area contributed by atoms with Crippen LogP contribution in [0, 0.1) is 0 Å². The lowest BCUT2D eigenvalue weighted by Crippen LogP contribution is -2.13. The maximum atomic E-state index is 11.4. The van der Waals surface area contributed by atoms with E-state index in [1.165, 1.54) is 0 Å². The maximum Gasteiger partial charge on any atom is 0.288 e. The van der Waals surface area contributed by atoms with Gasteiger partial charge in [-0.25, -0.2) is 9.67 Å². The van der Waals surface area contributed by atoms with Crippen LogP contribution in [-0.4, -0.2) is 20.7 Å². The Morgan fingerprint density at radius 1 is 1.10 bits per heavy atom. The molecule has 0 aliphatic rings. The Morgan fingerprint density at radius 2 is 1.86 bits per heavy atom. The van der Waals surface area contributed by atoms with Gasteiger partial charge in [0.2, 0.25) is 5.82 Å². The van der Waals surface area contributed by atoms with Gasteiger partial charge in [0, 0.05) is 10.6 Å². The molecule has 1 aromatic heterocycles. The molecule has 0 atom stereocenters. The quantitative estimate of drug-likeness (QED) is 0.808. The minimum Gasteiger partial charge on any atom is -0.363 e. The summed E-state index contributed by atoms with van der Waals surface area (Å²) in [6.07, 6.45) is 0. The van der Waals surface area contributed by atoms with Gasteiger partial charge in [-0.1, -0.05) is 41.9 Å². The van der Waals surface area contributed by atoms with E-state index in [0.29, 0.717) is 10.8 Å². The molecular formula is C15H11ClN4O. The van der Waals surface area contributed by atoms with Gasteiger partial charge in [0.1, 0.15) is 0 Å². The van der Waals surface area contributed by atoms with Gasteiger partial charge in [-0.3, -0.25) is 4.79 Å². The second-order valence-electron chi connectivity index (χ2n) is 4.38.